The molecule has 42 heavy (non-hydrogen) atoms. The normalized spacial score (nSPS) is 11.8. The lowest BCUT2D eigenvalue weighted by Gasteiger charge is -2.18. The van der Waals surface area contributed by atoms with E-state index in [1.54, 1.807) is 6.20 Å². The van der Waals surface area contributed by atoms with E-state index < -0.39 is 0 Å². The van der Waals surface area contributed by atoms with Crippen LogP contribution in [0, 0.1) is 11.3 Å². The van der Waals surface area contributed by atoms with E-state index >= 15 is 0 Å². The predicted molar refractivity (Wildman–Crippen MR) is 174 cm³/mol. The van der Waals surface area contributed by atoms with Crippen LogP contribution >= 0.6 is 0 Å². The van der Waals surface area contributed by atoms with Gasteiger partial charge in [0.05, 0.1) is 22.5 Å². The highest BCUT2D eigenvalue weighted by Gasteiger charge is 2.19. The Morgan fingerprint density at radius 2 is 1.21 bits per heavy atom. The minimum Gasteiger partial charge on any atom is -0.253 e. The number of fused-ring (bicyclic) bond motifs is 5. The van der Waals surface area contributed by atoms with E-state index in [2.05, 4.69) is 114 Å². The van der Waals surface area contributed by atoms with Crippen molar-refractivity contribution < 1.29 is 0 Å². The van der Waals surface area contributed by atoms with Gasteiger partial charge >= 0.3 is 0 Å². The summed E-state index contributed by atoms with van der Waals surface area (Å²) in [7, 11) is 0. The minimum absolute atomic E-state index is 0.531. The molecule has 0 aliphatic carbocycles. The molecule has 0 aliphatic heterocycles. The molecule has 0 fully saturated rings. The van der Waals surface area contributed by atoms with E-state index in [1.165, 1.54) is 59.6 Å². The number of aromatic nitrogens is 2. The van der Waals surface area contributed by atoms with Crippen molar-refractivity contribution in [2.24, 2.45) is 0 Å². The summed E-state index contributed by atoms with van der Waals surface area (Å²) in [6.07, 6.45) is 1.63. The van der Waals surface area contributed by atoms with Crippen molar-refractivity contribution in [1.29, 1.82) is 5.26 Å². The van der Waals surface area contributed by atoms with Crippen molar-refractivity contribution in [3.8, 4) is 28.6 Å². The predicted octanol–water partition coefficient (Wildman–Crippen LogP) is 10.0. The lowest BCUT2D eigenvalue weighted by molar-refractivity contribution is 1.27. The van der Waals surface area contributed by atoms with Gasteiger partial charge in [-0.3, -0.25) is 4.98 Å². The molecule has 2 aromatic heterocycles. The second-order valence-electron chi connectivity index (χ2n) is 10.9. The van der Waals surface area contributed by atoms with Gasteiger partial charge in [-0.25, -0.2) is 4.98 Å². The van der Waals surface area contributed by atoms with Crippen molar-refractivity contribution in [3.63, 3.8) is 0 Å². The first-order valence-corrected chi connectivity index (χ1v) is 14.1. The fourth-order valence-electron chi connectivity index (χ4n) is 6.80. The van der Waals surface area contributed by atoms with Gasteiger partial charge in [0.25, 0.3) is 0 Å². The van der Waals surface area contributed by atoms with Gasteiger partial charge in [-0.05, 0) is 78.5 Å². The molecular formula is C39H21N3. The second kappa shape index (κ2) is 8.57. The van der Waals surface area contributed by atoms with Crippen molar-refractivity contribution >= 4 is 64.8 Å². The van der Waals surface area contributed by atoms with Crippen LogP contribution in [-0.4, -0.2) is 9.97 Å². The molecule has 0 spiro atoms. The van der Waals surface area contributed by atoms with Gasteiger partial charge in [-0.2, -0.15) is 5.26 Å². The molecule has 0 saturated carbocycles. The lowest BCUT2D eigenvalue weighted by Crippen LogP contribution is -1.95. The summed E-state index contributed by atoms with van der Waals surface area (Å²) in [5.74, 6) is 0. The molecule has 3 nitrogen and oxygen atoms in total. The number of nitriles is 1. The van der Waals surface area contributed by atoms with Crippen molar-refractivity contribution in [1.82, 2.24) is 9.97 Å². The molecule has 0 aliphatic rings. The van der Waals surface area contributed by atoms with Crippen LogP contribution in [-0.2, 0) is 0 Å². The molecule has 7 aromatic carbocycles. The number of benzene rings is 7. The van der Waals surface area contributed by atoms with Crippen molar-refractivity contribution in [2.75, 3.05) is 0 Å². The van der Waals surface area contributed by atoms with E-state index in [9.17, 15) is 5.26 Å². The summed E-state index contributed by atoms with van der Waals surface area (Å²) in [4.78, 5) is 9.83. The molecule has 0 bridgehead atoms. The Balaban J connectivity index is 1.46. The second-order valence-corrected chi connectivity index (χ2v) is 10.9. The first kappa shape index (κ1) is 22.9. The van der Waals surface area contributed by atoms with Gasteiger partial charge in [0.15, 0.2) is 0 Å². The maximum atomic E-state index is 9.38. The average molecular weight is 532 g/mol. The Bertz CT molecular complexity index is 2560. The molecule has 9 rings (SSSR count). The highest BCUT2D eigenvalue weighted by atomic mass is 14.8. The Morgan fingerprint density at radius 1 is 0.500 bits per heavy atom. The molecular weight excluding hydrogens is 510 g/mol. The third-order valence-corrected chi connectivity index (χ3v) is 8.66. The first-order valence-electron chi connectivity index (χ1n) is 14.1. The van der Waals surface area contributed by atoms with Crippen LogP contribution in [0.1, 0.15) is 5.56 Å². The largest absolute Gasteiger partial charge is 0.253 e. The zero-order valence-corrected chi connectivity index (χ0v) is 22.5. The van der Waals surface area contributed by atoms with Crippen molar-refractivity contribution in [2.45, 2.75) is 0 Å². The van der Waals surface area contributed by atoms with Crippen LogP contribution in [0.25, 0.3) is 87.3 Å². The molecule has 0 saturated heterocycles. The molecule has 0 atom stereocenters. The van der Waals surface area contributed by atoms with Gasteiger partial charge < -0.3 is 0 Å². The molecule has 2 heterocycles. The summed E-state index contributed by atoms with van der Waals surface area (Å²) in [6, 6.07) is 45.3. The highest BCUT2D eigenvalue weighted by molar-refractivity contribution is 6.29. The highest BCUT2D eigenvalue weighted by Crippen LogP contribution is 2.45. The summed E-state index contributed by atoms with van der Waals surface area (Å²) in [5.41, 5.74) is 5.39. The van der Waals surface area contributed by atoms with Gasteiger partial charge in [-0.1, -0.05) is 97.1 Å². The molecule has 0 unspecified atom stereocenters. The van der Waals surface area contributed by atoms with Gasteiger partial charge in [0.2, 0.25) is 0 Å². The quantitative estimate of drug-likeness (QED) is 0.209. The Kier molecular flexibility index (Phi) is 4.68. The van der Waals surface area contributed by atoms with E-state index in [4.69, 9.17) is 4.98 Å². The molecule has 0 amide bonds. The Hall–Kier alpha value is -5.85. The fraction of sp³-hybridized carbons (Fsp3) is 0. The van der Waals surface area contributed by atoms with E-state index in [0.717, 1.165) is 27.7 Å². The van der Waals surface area contributed by atoms with Crippen LogP contribution in [0.5, 0.6) is 0 Å². The smallest absolute Gasteiger partial charge is 0.101 e. The molecule has 0 N–H and O–H groups in total. The van der Waals surface area contributed by atoms with Gasteiger partial charge in [-0.15, -0.1) is 0 Å². The number of hydrogen-bond donors (Lipinski definition) is 0. The van der Waals surface area contributed by atoms with Crippen LogP contribution in [0.4, 0.5) is 0 Å². The molecule has 9 aromatic rings. The Morgan fingerprint density at radius 3 is 2.00 bits per heavy atom. The number of para-hydroxylation sites is 1. The molecule has 0 radical (unpaired) electrons. The minimum atomic E-state index is 0.531. The molecule has 3 heteroatoms. The van der Waals surface area contributed by atoms with E-state index in [1.807, 2.05) is 18.2 Å². The zero-order chi connectivity index (χ0) is 27.8. The van der Waals surface area contributed by atoms with Gasteiger partial charge in [0, 0.05) is 22.4 Å². The molecule has 192 valence electrons. The van der Waals surface area contributed by atoms with Gasteiger partial charge in [0.1, 0.15) is 6.07 Å². The first-order chi connectivity index (χ1) is 20.8. The standard InChI is InChI=1S/C39H21N3/c40-21-23-12-19-35(41-22-23)39-33-20-32(27-8-1-2-9-29(27)38(33)31-10-3-4-11-34(31)42-39)28-17-15-26-14-13-24-6-5-7-25-16-18-30(28)37(26)36(24)25/h1-20,22H. The summed E-state index contributed by atoms with van der Waals surface area (Å²) < 4.78 is 0. The topological polar surface area (TPSA) is 49.6 Å². The maximum Gasteiger partial charge on any atom is 0.101 e. The third-order valence-electron chi connectivity index (χ3n) is 8.66. The zero-order valence-electron chi connectivity index (χ0n) is 22.5. The number of nitrogens with zero attached hydrogens (tertiary/aromatic N) is 3. The number of rotatable bonds is 2. The summed E-state index contributed by atoms with van der Waals surface area (Å²) in [6.45, 7) is 0. The van der Waals surface area contributed by atoms with Crippen LogP contribution in [0.15, 0.2) is 128 Å². The summed E-state index contributed by atoms with van der Waals surface area (Å²) in [5, 5.41) is 22.7. The number of pyridine rings is 2. The van der Waals surface area contributed by atoms with Crippen molar-refractivity contribution in [3.05, 3.63) is 133 Å². The van der Waals surface area contributed by atoms with E-state index in [-0.39, 0.29) is 0 Å². The Labute approximate surface area is 241 Å². The van der Waals surface area contributed by atoms with Crippen LogP contribution < -0.4 is 0 Å². The van der Waals surface area contributed by atoms with Crippen LogP contribution in [0.3, 0.4) is 0 Å². The van der Waals surface area contributed by atoms with Crippen LogP contribution in [0.2, 0.25) is 0 Å². The SMILES string of the molecule is N#Cc1ccc(-c2nc3ccccc3c3c2cc(-c2ccc4ccc5cccc6ccc2c4c56)c2ccccc23)nc1. The average Bonchev–Trinajstić information content (AvgIpc) is 3.06. The third kappa shape index (κ3) is 3.15. The monoisotopic (exact) mass is 531 g/mol. The maximum absolute atomic E-state index is 9.38. The lowest BCUT2D eigenvalue weighted by atomic mass is 9.86. The number of hydrogen-bond acceptors (Lipinski definition) is 3. The van der Waals surface area contributed by atoms with E-state index in [0.29, 0.717) is 5.56 Å². The fourth-order valence-corrected chi connectivity index (χ4v) is 6.80. The summed E-state index contributed by atoms with van der Waals surface area (Å²) >= 11 is 0.